The van der Waals surface area contributed by atoms with Gasteiger partial charge in [-0.05, 0) is 0 Å². The van der Waals surface area contributed by atoms with E-state index in [-0.39, 0.29) is 31.5 Å². The van der Waals surface area contributed by atoms with Crippen molar-refractivity contribution in [3.63, 3.8) is 0 Å². The summed E-state index contributed by atoms with van der Waals surface area (Å²) in [7, 11) is 0. The minimum atomic E-state index is 0.242. The Morgan fingerprint density at radius 3 is 1.11 bits per heavy atom. The van der Waals surface area contributed by atoms with Crippen LogP contribution in [0.5, 0.6) is 0 Å². The van der Waals surface area contributed by atoms with Crippen LogP contribution in [0.15, 0.2) is 0 Å². The molecule has 0 saturated carbocycles. The Kier molecular flexibility index (Phi) is 9.13. The zero-order valence-corrected chi connectivity index (χ0v) is 24.4. The molecule has 0 aromatic rings. The summed E-state index contributed by atoms with van der Waals surface area (Å²) in [5, 5.41) is 10.8. The van der Waals surface area contributed by atoms with E-state index in [0.29, 0.717) is 22.2 Å². The number of hydrogen-bond acceptors (Lipinski definition) is 2. The van der Waals surface area contributed by atoms with Crippen molar-refractivity contribution in [2.24, 2.45) is 0 Å². The Morgan fingerprint density at radius 1 is 0.536 bits per heavy atom. The summed E-state index contributed by atoms with van der Waals surface area (Å²) in [6.45, 7) is 19.2. The van der Waals surface area contributed by atoms with Gasteiger partial charge in [-0.15, -0.1) is 0 Å². The molecule has 2 aliphatic heterocycles. The zero-order chi connectivity index (χ0) is 21.1. The predicted molar refractivity (Wildman–Crippen MR) is 131 cm³/mol. The van der Waals surface area contributed by atoms with Gasteiger partial charge in [-0.3, -0.25) is 0 Å². The molecule has 28 heavy (non-hydrogen) atoms. The average molecular weight is 517 g/mol. The fraction of sp³-hybridized carbons (Fsp3) is 1.00. The van der Waals surface area contributed by atoms with Crippen molar-refractivity contribution in [3.05, 3.63) is 0 Å². The molecule has 2 rings (SSSR count). The fourth-order valence-corrected chi connectivity index (χ4v) is 15.3. The Morgan fingerprint density at radius 2 is 0.821 bits per heavy atom. The molecular formula is C24H50As2N2. The van der Waals surface area contributed by atoms with Crippen molar-refractivity contribution in [1.29, 1.82) is 0 Å². The molecule has 0 aromatic carbocycles. The van der Waals surface area contributed by atoms with E-state index >= 15 is 0 Å². The van der Waals surface area contributed by atoms with Crippen molar-refractivity contribution in [2.45, 2.75) is 149 Å². The number of rotatable bonds is 9. The third-order valence-electron chi connectivity index (χ3n) is 6.35. The first-order chi connectivity index (χ1) is 12.8. The molecule has 2 N–H and O–H groups in total. The molecule has 0 bridgehead atoms. The molecule has 2 nitrogen and oxygen atoms in total. The molecule has 0 radical (unpaired) electrons. The number of nitrogens with one attached hydrogen (secondary N) is 2. The normalized spacial score (nSPS) is 27.9. The minimum absolute atomic E-state index is 0.242. The molecule has 2 saturated heterocycles. The van der Waals surface area contributed by atoms with E-state index in [1.165, 1.54) is 51.4 Å². The third-order valence-corrected chi connectivity index (χ3v) is 13.2. The van der Waals surface area contributed by atoms with Gasteiger partial charge >= 0.3 is 191 Å². The van der Waals surface area contributed by atoms with Crippen LogP contribution in [-0.2, 0) is 0 Å². The molecule has 2 aliphatic rings. The van der Waals surface area contributed by atoms with Gasteiger partial charge in [0.05, 0.1) is 0 Å². The van der Waals surface area contributed by atoms with Crippen molar-refractivity contribution >= 4 is 31.5 Å². The van der Waals surface area contributed by atoms with Gasteiger partial charge in [0.25, 0.3) is 0 Å². The Labute approximate surface area is 190 Å². The molecule has 0 amide bonds. The van der Waals surface area contributed by atoms with Crippen LogP contribution in [-0.4, -0.2) is 53.7 Å². The van der Waals surface area contributed by atoms with Gasteiger partial charge in [0.15, 0.2) is 0 Å². The molecule has 2 heterocycles. The Balaban J connectivity index is 1.53. The van der Waals surface area contributed by atoms with Crippen molar-refractivity contribution < 1.29 is 0 Å². The summed E-state index contributed by atoms with van der Waals surface area (Å²) < 4.78 is 2.09. The van der Waals surface area contributed by atoms with Crippen LogP contribution in [0.2, 0.25) is 19.8 Å². The van der Waals surface area contributed by atoms with Crippen molar-refractivity contribution in [3.8, 4) is 0 Å². The van der Waals surface area contributed by atoms with E-state index < -0.39 is 0 Å². The standard InChI is InChI=1S/C24H50As2N2/c1-21(2)15-19(16-22(3,4)27-21)25-13-11-9-10-12-14-26-20-17-23(5,6)28-24(7,8)18-20/h19-20,25-28H,9-18H2,1-8H3. The Hall–Kier alpha value is 1.04. The van der Waals surface area contributed by atoms with E-state index in [2.05, 4.69) is 66.0 Å². The Bertz CT molecular complexity index is 409. The average Bonchev–Trinajstić information content (AvgIpc) is 2.43. The zero-order valence-electron chi connectivity index (χ0n) is 20.2. The van der Waals surface area contributed by atoms with Crippen molar-refractivity contribution in [1.82, 2.24) is 10.6 Å². The first-order valence-corrected chi connectivity index (χ1v) is 17.2. The number of hydrogen-bond donors (Lipinski definition) is 2. The second-order valence-corrected chi connectivity index (χ2v) is 19.6. The van der Waals surface area contributed by atoms with Crippen LogP contribution in [0.3, 0.4) is 0 Å². The molecule has 2 atom stereocenters. The molecular weight excluding hydrogens is 466 g/mol. The van der Waals surface area contributed by atoms with Crippen LogP contribution in [0.4, 0.5) is 0 Å². The third kappa shape index (κ3) is 9.45. The van der Waals surface area contributed by atoms with Crippen LogP contribution >= 0.6 is 0 Å². The number of piperidine rings is 2. The van der Waals surface area contributed by atoms with Gasteiger partial charge in [0.2, 0.25) is 0 Å². The van der Waals surface area contributed by atoms with Crippen LogP contribution in [0.1, 0.15) is 107 Å². The summed E-state index contributed by atoms with van der Waals surface area (Å²) in [4.78, 5) is 0. The molecule has 2 unspecified atom stereocenters. The summed E-state index contributed by atoms with van der Waals surface area (Å²) in [6, 6.07) is 0. The quantitative estimate of drug-likeness (QED) is 0.303. The molecule has 0 spiro atoms. The van der Waals surface area contributed by atoms with Crippen molar-refractivity contribution in [2.75, 3.05) is 0 Å². The van der Waals surface area contributed by atoms with E-state index in [1.54, 1.807) is 10.4 Å². The van der Waals surface area contributed by atoms with Gasteiger partial charge in [0.1, 0.15) is 0 Å². The number of unbranched alkanes of at least 4 members (excludes halogenated alkanes) is 3. The molecule has 0 aromatic heterocycles. The maximum atomic E-state index is 3.84. The van der Waals surface area contributed by atoms with Crippen LogP contribution < -0.4 is 10.6 Å². The molecule has 0 aliphatic carbocycles. The predicted octanol–water partition coefficient (Wildman–Crippen LogP) is 5.71. The SMILES string of the molecule is CC1(C)CC([AsH]CCCCCC[AsH]C2CC(C)(C)NC(C)(C)C2)CC(C)(C)N1. The summed E-state index contributed by atoms with van der Waals surface area (Å²) in [5.74, 6) is 0. The maximum absolute atomic E-state index is 3.84. The second kappa shape index (κ2) is 10.1. The topological polar surface area (TPSA) is 24.1 Å². The van der Waals surface area contributed by atoms with Gasteiger partial charge in [0, 0.05) is 0 Å². The van der Waals surface area contributed by atoms with Gasteiger partial charge in [-0.1, -0.05) is 0 Å². The van der Waals surface area contributed by atoms with E-state index in [0.717, 1.165) is 9.41 Å². The second-order valence-electron chi connectivity index (χ2n) is 12.3. The summed E-state index contributed by atoms with van der Waals surface area (Å²) >= 11 is 0.484. The fourth-order valence-electron chi connectivity index (χ4n) is 6.15. The van der Waals surface area contributed by atoms with E-state index in [9.17, 15) is 0 Å². The summed E-state index contributed by atoms with van der Waals surface area (Å²) in [6.07, 6.45) is 11.6. The van der Waals surface area contributed by atoms with E-state index in [4.69, 9.17) is 0 Å². The van der Waals surface area contributed by atoms with Crippen LogP contribution in [0.25, 0.3) is 0 Å². The molecule has 2 fully saturated rings. The summed E-state index contributed by atoms with van der Waals surface area (Å²) in [5.41, 5.74) is 1.38. The first kappa shape index (κ1) is 25.3. The monoisotopic (exact) mass is 516 g/mol. The molecule has 166 valence electrons. The van der Waals surface area contributed by atoms with Gasteiger partial charge < -0.3 is 0 Å². The first-order valence-electron chi connectivity index (χ1n) is 11.8. The van der Waals surface area contributed by atoms with Gasteiger partial charge in [-0.25, -0.2) is 0 Å². The van der Waals surface area contributed by atoms with Gasteiger partial charge in [-0.2, -0.15) is 0 Å². The van der Waals surface area contributed by atoms with E-state index in [1.807, 2.05) is 0 Å². The van der Waals surface area contributed by atoms with Crippen LogP contribution in [0, 0.1) is 0 Å². The molecule has 4 heteroatoms.